The largest absolute Gasteiger partial charge is 0.366 e. The maximum absolute atomic E-state index is 8.65. The Labute approximate surface area is 102 Å². The average molecular weight is 230 g/mol. The summed E-state index contributed by atoms with van der Waals surface area (Å²) < 4.78 is 0. The molecule has 1 aromatic heterocycles. The molecule has 1 aromatic rings. The van der Waals surface area contributed by atoms with Crippen LogP contribution in [0.5, 0.6) is 0 Å². The molecule has 0 aliphatic heterocycles. The second kappa shape index (κ2) is 5.13. The molecule has 0 saturated heterocycles. The molecule has 0 bridgehead atoms. The summed E-state index contributed by atoms with van der Waals surface area (Å²) in [6, 6.07) is 2.45. The zero-order chi connectivity index (χ0) is 12.3. The summed E-state index contributed by atoms with van der Waals surface area (Å²) in [5, 5.41) is 12.1. The van der Waals surface area contributed by atoms with Gasteiger partial charge in [0.1, 0.15) is 11.9 Å². The van der Waals surface area contributed by atoms with Gasteiger partial charge >= 0.3 is 0 Å². The molecule has 0 radical (unpaired) electrons. The Morgan fingerprint density at radius 2 is 2.12 bits per heavy atom. The first kappa shape index (κ1) is 11.8. The molecule has 1 aliphatic carbocycles. The molecule has 17 heavy (non-hydrogen) atoms. The first-order valence-corrected chi connectivity index (χ1v) is 6.17. The molecule has 3 unspecified atom stereocenters. The molecule has 1 saturated carbocycles. The van der Waals surface area contributed by atoms with E-state index in [-0.39, 0.29) is 0 Å². The van der Waals surface area contributed by atoms with Crippen LogP contribution < -0.4 is 5.32 Å². The second-order valence-corrected chi connectivity index (χ2v) is 5.05. The van der Waals surface area contributed by atoms with E-state index >= 15 is 0 Å². The summed E-state index contributed by atoms with van der Waals surface area (Å²) in [4.78, 5) is 8.22. The van der Waals surface area contributed by atoms with E-state index in [0.717, 1.165) is 11.7 Å². The second-order valence-electron chi connectivity index (χ2n) is 5.05. The molecule has 1 aliphatic rings. The molecule has 1 N–H and O–H groups in total. The molecule has 2 rings (SSSR count). The zero-order valence-electron chi connectivity index (χ0n) is 10.3. The van der Waals surface area contributed by atoms with Crippen molar-refractivity contribution in [3.8, 4) is 6.07 Å². The van der Waals surface area contributed by atoms with Gasteiger partial charge in [0.25, 0.3) is 0 Å². The van der Waals surface area contributed by atoms with Crippen molar-refractivity contribution in [3.05, 3.63) is 18.1 Å². The Morgan fingerprint density at radius 3 is 2.71 bits per heavy atom. The van der Waals surface area contributed by atoms with E-state index in [2.05, 4.69) is 29.1 Å². The molecule has 4 nitrogen and oxygen atoms in total. The smallest absolute Gasteiger partial charge is 0.158 e. The average Bonchev–Trinajstić information content (AvgIpc) is 2.34. The molecule has 0 aromatic carbocycles. The molecule has 4 heteroatoms. The summed E-state index contributed by atoms with van der Waals surface area (Å²) in [5.41, 5.74) is 0.362. The third-order valence-electron chi connectivity index (χ3n) is 3.53. The Balaban J connectivity index is 1.98. The SMILES string of the molecule is CC1CCC(Nc2cnc(C#N)cn2)C(C)C1. The van der Waals surface area contributed by atoms with Crippen molar-refractivity contribution in [2.45, 2.75) is 39.2 Å². The maximum atomic E-state index is 8.65. The zero-order valence-corrected chi connectivity index (χ0v) is 10.3. The van der Waals surface area contributed by atoms with Crippen LogP contribution in [0, 0.1) is 23.2 Å². The molecular formula is C13H18N4. The minimum atomic E-state index is 0.362. The number of aromatic nitrogens is 2. The third-order valence-corrected chi connectivity index (χ3v) is 3.53. The van der Waals surface area contributed by atoms with Crippen LogP contribution in [0.4, 0.5) is 5.82 Å². The maximum Gasteiger partial charge on any atom is 0.158 e. The van der Waals surface area contributed by atoms with E-state index in [1.165, 1.54) is 25.5 Å². The van der Waals surface area contributed by atoms with E-state index in [4.69, 9.17) is 5.26 Å². The van der Waals surface area contributed by atoms with Gasteiger partial charge < -0.3 is 5.32 Å². The van der Waals surface area contributed by atoms with Crippen LogP contribution in [0.15, 0.2) is 12.4 Å². The van der Waals surface area contributed by atoms with Crippen LogP contribution in [-0.4, -0.2) is 16.0 Å². The predicted octanol–water partition coefficient (Wildman–Crippen LogP) is 2.58. The quantitative estimate of drug-likeness (QED) is 0.848. The van der Waals surface area contributed by atoms with Crippen molar-refractivity contribution < 1.29 is 0 Å². The van der Waals surface area contributed by atoms with Gasteiger partial charge in [-0.2, -0.15) is 5.26 Å². The molecule has 1 heterocycles. The minimum Gasteiger partial charge on any atom is -0.366 e. The van der Waals surface area contributed by atoms with Crippen molar-refractivity contribution in [1.82, 2.24) is 9.97 Å². The third kappa shape index (κ3) is 2.94. The standard InChI is InChI=1S/C13H18N4/c1-9-3-4-12(10(2)5-9)17-13-8-15-11(6-14)7-16-13/h7-10,12H,3-5H2,1-2H3,(H,16,17). The topological polar surface area (TPSA) is 61.6 Å². The lowest BCUT2D eigenvalue weighted by Gasteiger charge is -2.33. The number of hydrogen-bond donors (Lipinski definition) is 1. The van der Waals surface area contributed by atoms with Crippen LogP contribution in [0.25, 0.3) is 0 Å². The number of nitrogens with one attached hydrogen (secondary N) is 1. The van der Waals surface area contributed by atoms with E-state index in [1.54, 1.807) is 6.20 Å². The van der Waals surface area contributed by atoms with Crippen LogP contribution in [0.3, 0.4) is 0 Å². The Hall–Kier alpha value is -1.63. The van der Waals surface area contributed by atoms with Gasteiger partial charge in [-0.15, -0.1) is 0 Å². The highest BCUT2D eigenvalue weighted by molar-refractivity contribution is 5.34. The van der Waals surface area contributed by atoms with Crippen LogP contribution in [0.1, 0.15) is 38.8 Å². The lowest BCUT2D eigenvalue weighted by molar-refractivity contribution is 0.276. The Bertz CT molecular complexity index is 406. The van der Waals surface area contributed by atoms with Gasteiger partial charge in [0, 0.05) is 6.04 Å². The molecule has 3 atom stereocenters. The van der Waals surface area contributed by atoms with E-state index in [1.807, 2.05) is 6.07 Å². The fourth-order valence-electron chi connectivity index (χ4n) is 2.53. The molecule has 0 spiro atoms. The van der Waals surface area contributed by atoms with E-state index < -0.39 is 0 Å². The van der Waals surface area contributed by atoms with Crippen LogP contribution >= 0.6 is 0 Å². The number of nitriles is 1. The van der Waals surface area contributed by atoms with Gasteiger partial charge in [-0.1, -0.05) is 13.8 Å². The van der Waals surface area contributed by atoms with Crippen molar-refractivity contribution >= 4 is 5.82 Å². The van der Waals surface area contributed by atoms with Gasteiger partial charge in [0.15, 0.2) is 5.69 Å². The number of hydrogen-bond acceptors (Lipinski definition) is 4. The summed E-state index contributed by atoms with van der Waals surface area (Å²) in [5.74, 6) is 2.27. The minimum absolute atomic E-state index is 0.362. The van der Waals surface area contributed by atoms with Gasteiger partial charge in [-0.3, -0.25) is 0 Å². The number of rotatable bonds is 2. The van der Waals surface area contributed by atoms with Gasteiger partial charge in [-0.05, 0) is 31.1 Å². The monoisotopic (exact) mass is 230 g/mol. The fraction of sp³-hybridized carbons (Fsp3) is 0.615. The first-order chi connectivity index (χ1) is 8.19. The van der Waals surface area contributed by atoms with Crippen molar-refractivity contribution in [2.24, 2.45) is 11.8 Å². The predicted molar refractivity (Wildman–Crippen MR) is 66.3 cm³/mol. The molecule has 0 amide bonds. The Kier molecular flexibility index (Phi) is 3.58. The highest BCUT2D eigenvalue weighted by Gasteiger charge is 2.25. The number of nitrogens with zero attached hydrogens (tertiary/aromatic N) is 3. The summed E-state index contributed by atoms with van der Waals surface area (Å²) in [6.45, 7) is 4.60. The van der Waals surface area contributed by atoms with Gasteiger partial charge in [-0.25, -0.2) is 9.97 Å². The molecular weight excluding hydrogens is 212 g/mol. The normalized spacial score (nSPS) is 28.4. The Morgan fingerprint density at radius 1 is 1.29 bits per heavy atom. The van der Waals surface area contributed by atoms with Crippen LogP contribution in [0.2, 0.25) is 0 Å². The highest BCUT2D eigenvalue weighted by Crippen LogP contribution is 2.30. The molecule has 1 fully saturated rings. The van der Waals surface area contributed by atoms with Crippen molar-refractivity contribution in [1.29, 1.82) is 5.26 Å². The van der Waals surface area contributed by atoms with Gasteiger partial charge in [0.05, 0.1) is 12.4 Å². The fourth-order valence-corrected chi connectivity index (χ4v) is 2.53. The van der Waals surface area contributed by atoms with Crippen molar-refractivity contribution in [3.63, 3.8) is 0 Å². The lowest BCUT2D eigenvalue weighted by atomic mass is 9.80. The molecule has 90 valence electrons. The lowest BCUT2D eigenvalue weighted by Crippen LogP contribution is -2.33. The van der Waals surface area contributed by atoms with E-state index in [0.29, 0.717) is 17.7 Å². The summed E-state index contributed by atoms with van der Waals surface area (Å²) in [7, 11) is 0. The summed E-state index contributed by atoms with van der Waals surface area (Å²) >= 11 is 0. The van der Waals surface area contributed by atoms with Gasteiger partial charge in [0.2, 0.25) is 0 Å². The van der Waals surface area contributed by atoms with Crippen LogP contribution in [-0.2, 0) is 0 Å². The van der Waals surface area contributed by atoms with E-state index in [9.17, 15) is 0 Å². The highest BCUT2D eigenvalue weighted by atomic mass is 15.0. The summed E-state index contributed by atoms with van der Waals surface area (Å²) in [6.07, 6.45) is 6.87. The first-order valence-electron chi connectivity index (χ1n) is 6.17. The van der Waals surface area contributed by atoms with Crippen molar-refractivity contribution in [2.75, 3.05) is 5.32 Å². The number of anilines is 1.